The Morgan fingerprint density at radius 2 is 1.15 bits per heavy atom. The van der Waals surface area contributed by atoms with E-state index in [1.54, 1.807) is 0 Å². The first kappa shape index (κ1) is 19.7. The second kappa shape index (κ2) is 12.5. The summed E-state index contributed by atoms with van der Waals surface area (Å²) in [7, 11) is 0. The zero-order chi connectivity index (χ0) is 15.3. The predicted molar refractivity (Wildman–Crippen MR) is 93.0 cm³/mol. The standard InChI is InChI=1S/C20H39/c1-6-8-9-10-11-12-13-14-15-16-17-18-20(4,5)19(3)7-2/h6,8-18H2,1-5H3. The van der Waals surface area contributed by atoms with Crippen molar-refractivity contribution in [1.29, 1.82) is 0 Å². The third kappa shape index (κ3) is 10.5. The van der Waals surface area contributed by atoms with E-state index >= 15 is 0 Å². The van der Waals surface area contributed by atoms with Crippen molar-refractivity contribution in [2.75, 3.05) is 0 Å². The van der Waals surface area contributed by atoms with E-state index in [-0.39, 0.29) is 0 Å². The molecule has 0 spiro atoms. The quantitative estimate of drug-likeness (QED) is 0.306. The Labute approximate surface area is 129 Å². The van der Waals surface area contributed by atoms with E-state index in [0.29, 0.717) is 5.41 Å². The molecule has 0 aliphatic carbocycles. The zero-order valence-corrected chi connectivity index (χ0v) is 15.0. The smallest absolute Gasteiger partial charge is 0.0142 e. The number of rotatable bonds is 13. The Balaban J connectivity index is 3.33. The van der Waals surface area contributed by atoms with Crippen molar-refractivity contribution in [3.63, 3.8) is 0 Å². The van der Waals surface area contributed by atoms with E-state index in [9.17, 15) is 0 Å². The van der Waals surface area contributed by atoms with E-state index in [1.807, 2.05) is 6.92 Å². The minimum Gasteiger partial charge on any atom is -0.0654 e. The lowest BCUT2D eigenvalue weighted by Gasteiger charge is -2.25. The van der Waals surface area contributed by atoms with Gasteiger partial charge in [0.25, 0.3) is 0 Å². The Kier molecular flexibility index (Phi) is 12.3. The van der Waals surface area contributed by atoms with Crippen molar-refractivity contribution in [3.05, 3.63) is 11.6 Å². The molecule has 0 aliphatic heterocycles. The molecular weight excluding hydrogens is 240 g/mol. The van der Waals surface area contributed by atoms with Crippen molar-refractivity contribution in [3.8, 4) is 0 Å². The van der Waals surface area contributed by atoms with Gasteiger partial charge in [0, 0.05) is 0 Å². The highest BCUT2D eigenvalue weighted by molar-refractivity contribution is 5.03. The van der Waals surface area contributed by atoms with Crippen molar-refractivity contribution in [2.45, 2.75) is 112 Å². The Hall–Kier alpha value is -0.260. The molecule has 0 unspecified atom stereocenters. The van der Waals surface area contributed by atoms with Crippen molar-refractivity contribution < 1.29 is 0 Å². The highest BCUT2D eigenvalue weighted by atomic mass is 14.2. The SMILES string of the molecule is C/[C]=C(/C)C(C)(C)CCCCCCCCCCCCC. The lowest BCUT2D eigenvalue weighted by atomic mass is 9.80. The van der Waals surface area contributed by atoms with Crippen LogP contribution in [-0.4, -0.2) is 0 Å². The minimum absolute atomic E-state index is 0.355. The molecule has 0 amide bonds. The number of unbranched alkanes of at least 4 members (excludes halogenated alkanes) is 10. The van der Waals surface area contributed by atoms with Crippen molar-refractivity contribution >= 4 is 0 Å². The largest absolute Gasteiger partial charge is 0.0654 e. The third-order valence-electron chi connectivity index (χ3n) is 4.80. The summed E-state index contributed by atoms with van der Waals surface area (Å²) >= 11 is 0. The summed E-state index contributed by atoms with van der Waals surface area (Å²) in [5.74, 6) is 0. The van der Waals surface area contributed by atoms with E-state index in [0.717, 1.165) is 0 Å². The molecule has 0 aromatic rings. The maximum absolute atomic E-state index is 3.31. The van der Waals surface area contributed by atoms with E-state index in [2.05, 4.69) is 33.8 Å². The molecule has 1 radical (unpaired) electrons. The van der Waals surface area contributed by atoms with E-state index < -0.39 is 0 Å². The molecule has 0 atom stereocenters. The van der Waals surface area contributed by atoms with Gasteiger partial charge >= 0.3 is 0 Å². The molecule has 20 heavy (non-hydrogen) atoms. The maximum Gasteiger partial charge on any atom is -0.0142 e. The van der Waals surface area contributed by atoms with E-state index in [1.165, 1.54) is 82.6 Å². The fourth-order valence-electron chi connectivity index (χ4n) is 2.76. The van der Waals surface area contributed by atoms with Gasteiger partial charge in [-0.3, -0.25) is 0 Å². The molecule has 0 rings (SSSR count). The van der Waals surface area contributed by atoms with Crippen LogP contribution in [0.4, 0.5) is 0 Å². The minimum atomic E-state index is 0.355. The Bertz CT molecular complexity index is 234. The molecule has 0 nitrogen and oxygen atoms in total. The van der Waals surface area contributed by atoms with Gasteiger partial charge in [0.05, 0.1) is 0 Å². The number of hydrogen-bond acceptors (Lipinski definition) is 0. The normalized spacial score (nSPS) is 12.9. The van der Waals surface area contributed by atoms with Gasteiger partial charge in [-0.25, -0.2) is 0 Å². The van der Waals surface area contributed by atoms with Crippen LogP contribution in [0, 0.1) is 11.5 Å². The molecule has 0 aromatic carbocycles. The van der Waals surface area contributed by atoms with Crippen LogP contribution >= 0.6 is 0 Å². The van der Waals surface area contributed by atoms with Gasteiger partial charge in [-0.2, -0.15) is 0 Å². The van der Waals surface area contributed by atoms with Gasteiger partial charge in [-0.1, -0.05) is 97.0 Å². The predicted octanol–water partition coefficient (Wildman–Crippen LogP) is 7.48. The second-order valence-corrected chi connectivity index (χ2v) is 7.04. The van der Waals surface area contributed by atoms with Gasteiger partial charge in [0.1, 0.15) is 0 Å². The topological polar surface area (TPSA) is 0 Å². The van der Waals surface area contributed by atoms with Gasteiger partial charge < -0.3 is 0 Å². The summed E-state index contributed by atoms with van der Waals surface area (Å²) in [4.78, 5) is 0. The molecule has 0 heterocycles. The lowest BCUT2D eigenvalue weighted by molar-refractivity contribution is 0.380. The van der Waals surface area contributed by atoms with Crippen LogP contribution in [0.25, 0.3) is 0 Å². The molecular formula is C20H39. The van der Waals surface area contributed by atoms with Crippen molar-refractivity contribution in [1.82, 2.24) is 0 Å². The summed E-state index contributed by atoms with van der Waals surface area (Å²) < 4.78 is 0. The molecule has 0 heteroatoms. The van der Waals surface area contributed by atoms with Crippen LogP contribution in [0.15, 0.2) is 5.57 Å². The van der Waals surface area contributed by atoms with E-state index in [4.69, 9.17) is 0 Å². The van der Waals surface area contributed by atoms with Crippen LogP contribution in [0.1, 0.15) is 112 Å². The molecule has 0 aromatic heterocycles. The van der Waals surface area contributed by atoms with Gasteiger partial charge in [-0.05, 0) is 31.8 Å². The van der Waals surface area contributed by atoms with Gasteiger partial charge in [0.2, 0.25) is 0 Å². The van der Waals surface area contributed by atoms with Gasteiger partial charge in [0.15, 0.2) is 0 Å². The summed E-state index contributed by atoms with van der Waals surface area (Å²) in [6, 6.07) is 0. The first-order valence-corrected chi connectivity index (χ1v) is 9.06. The van der Waals surface area contributed by atoms with Crippen LogP contribution in [-0.2, 0) is 0 Å². The first-order chi connectivity index (χ1) is 9.54. The highest BCUT2D eigenvalue weighted by Gasteiger charge is 2.18. The molecule has 0 saturated carbocycles. The molecule has 0 saturated heterocycles. The average molecular weight is 280 g/mol. The highest BCUT2D eigenvalue weighted by Crippen LogP contribution is 2.31. The Morgan fingerprint density at radius 3 is 1.55 bits per heavy atom. The second-order valence-electron chi connectivity index (χ2n) is 7.04. The van der Waals surface area contributed by atoms with Crippen LogP contribution < -0.4 is 0 Å². The average Bonchev–Trinajstić information content (AvgIpc) is 2.43. The Morgan fingerprint density at radius 1 is 0.750 bits per heavy atom. The fraction of sp³-hybridized carbons (Fsp3) is 0.900. The summed E-state index contributed by atoms with van der Waals surface area (Å²) in [6.45, 7) is 11.3. The molecule has 0 bridgehead atoms. The van der Waals surface area contributed by atoms with Gasteiger partial charge in [-0.15, -0.1) is 0 Å². The monoisotopic (exact) mass is 279 g/mol. The zero-order valence-electron chi connectivity index (χ0n) is 15.0. The fourth-order valence-corrected chi connectivity index (χ4v) is 2.76. The van der Waals surface area contributed by atoms with Crippen LogP contribution in [0.3, 0.4) is 0 Å². The summed E-state index contributed by atoms with van der Waals surface area (Å²) in [5, 5.41) is 0. The molecule has 119 valence electrons. The lowest BCUT2D eigenvalue weighted by Crippen LogP contribution is -2.12. The summed E-state index contributed by atoms with van der Waals surface area (Å²) in [5.41, 5.74) is 1.78. The maximum atomic E-state index is 3.31. The van der Waals surface area contributed by atoms with Crippen LogP contribution in [0.2, 0.25) is 0 Å². The molecule has 0 fully saturated rings. The third-order valence-corrected chi connectivity index (χ3v) is 4.80. The van der Waals surface area contributed by atoms with Crippen LogP contribution in [0.5, 0.6) is 0 Å². The van der Waals surface area contributed by atoms with Crippen molar-refractivity contribution in [2.24, 2.45) is 5.41 Å². The molecule has 0 aliphatic rings. The summed E-state index contributed by atoms with van der Waals surface area (Å²) in [6.07, 6.45) is 20.4. The molecule has 0 N–H and O–H groups in total. The number of hydrogen-bond donors (Lipinski definition) is 0. The number of allylic oxidation sites excluding steroid dienone is 2. The first-order valence-electron chi connectivity index (χ1n) is 9.06.